The number of halogens is 1. The maximum absolute atomic E-state index is 4.49. The van der Waals surface area contributed by atoms with Gasteiger partial charge in [0.15, 0.2) is 0 Å². The third-order valence-corrected chi connectivity index (χ3v) is 2.78. The first kappa shape index (κ1) is 8.94. The molecule has 2 heteroatoms. The molecule has 2 aromatic rings. The molecule has 0 amide bonds. The highest BCUT2D eigenvalue weighted by Crippen LogP contribution is 2.19. The standard InChI is InChI=1S/C11H10IN/c1-7-5-8(2)13-11-6-9(12)3-4-10(7)11/h3-6H,1-2H3. The monoisotopic (exact) mass is 283 g/mol. The van der Waals surface area contributed by atoms with E-state index in [9.17, 15) is 0 Å². The van der Waals surface area contributed by atoms with Crippen LogP contribution in [0.2, 0.25) is 0 Å². The minimum absolute atomic E-state index is 1.09. The van der Waals surface area contributed by atoms with Crippen LogP contribution in [-0.4, -0.2) is 4.98 Å². The second-order valence-corrected chi connectivity index (χ2v) is 4.49. The van der Waals surface area contributed by atoms with Crippen molar-refractivity contribution in [2.75, 3.05) is 0 Å². The first-order valence-electron chi connectivity index (χ1n) is 4.20. The summed E-state index contributed by atoms with van der Waals surface area (Å²) < 4.78 is 1.24. The second kappa shape index (κ2) is 3.25. The molecule has 13 heavy (non-hydrogen) atoms. The van der Waals surface area contributed by atoms with Crippen molar-refractivity contribution in [2.24, 2.45) is 0 Å². The summed E-state index contributed by atoms with van der Waals surface area (Å²) in [6.45, 7) is 4.16. The van der Waals surface area contributed by atoms with E-state index in [4.69, 9.17) is 0 Å². The van der Waals surface area contributed by atoms with Gasteiger partial charge in [0.1, 0.15) is 0 Å². The fourth-order valence-electron chi connectivity index (χ4n) is 1.54. The Morgan fingerprint density at radius 2 is 1.92 bits per heavy atom. The number of pyridine rings is 1. The molecule has 66 valence electrons. The van der Waals surface area contributed by atoms with Gasteiger partial charge in [-0.2, -0.15) is 0 Å². The van der Waals surface area contributed by atoms with Crippen LogP contribution < -0.4 is 0 Å². The average molecular weight is 283 g/mol. The van der Waals surface area contributed by atoms with E-state index in [0.29, 0.717) is 0 Å². The summed E-state index contributed by atoms with van der Waals surface area (Å²) in [6.07, 6.45) is 0. The van der Waals surface area contributed by atoms with Crippen molar-refractivity contribution in [1.29, 1.82) is 0 Å². The first-order chi connectivity index (χ1) is 6.16. The third kappa shape index (κ3) is 1.68. The van der Waals surface area contributed by atoms with Crippen LogP contribution in [0.3, 0.4) is 0 Å². The number of hydrogen-bond acceptors (Lipinski definition) is 1. The van der Waals surface area contributed by atoms with Crippen molar-refractivity contribution in [2.45, 2.75) is 13.8 Å². The lowest BCUT2D eigenvalue weighted by Gasteiger charge is -2.03. The molecule has 0 saturated heterocycles. The minimum atomic E-state index is 1.09. The van der Waals surface area contributed by atoms with Crippen molar-refractivity contribution >= 4 is 33.5 Å². The summed E-state index contributed by atoms with van der Waals surface area (Å²) in [5.41, 5.74) is 3.50. The smallest absolute Gasteiger partial charge is 0.0718 e. The zero-order valence-corrected chi connectivity index (χ0v) is 9.79. The number of fused-ring (bicyclic) bond motifs is 1. The molecular formula is C11H10IN. The lowest BCUT2D eigenvalue weighted by atomic mass is 10.1. The Kier molecular flexibility index (Phi) is 2.24. The molecule has 0 radical (unpaired) electrons. The predicted molar refractivity (Wildman–Crippen MR) is 63.9 cm³/mol. The quantitative estimate of drug-likeness (QED) is 0.675. The Bertz CT molecular complexity index is 458. The molecule has 2 rings (SSSR count). The van der Waals surface area contributed by atoms with Crippen molar-refractivity contribution < 1.29 is 0 Å². The van der Waals surface area contributed by atoms with Crippen LogP contribution in [0.15, 0.2) is 24.3 Å². The zero-order valence-electron chi connectivity index (χ0n) is 7.63. The summed E-state index contributed by atoms with van der Waals surface area (Å²) in [6, 6.07) is 8.50. The van der Waals surface area contributed by atoms with Crippen LogP contribution >= 0.6 is 22.6 Å². The van der Waals surface area contributed by atoms with Gasteiger partial charge in [-0.05, 0) is 60.2 Å². The van der Waals surface area contributed by atoms with Gasteiger partial charge in [0.05, 0.1) is 5.52 Å². The molecule has 0 bridgehead atoms. The van der Waals surface area contributed by atoms with Gasteiger partial charge >= 0.3 is 0 Å². The van der Waals surface area contributed by atoms with E-state index in [1.807, 2.05) is 6.92 Å². The second-order valence-electron chi connectivity index (χ2n) is 3.24. The van der Waals surface area contributed by atoms with E-state index in [1.54, 1.807) is 0 Å². The summed E-state index contributed by atoms with van der Waals surface area (Å²) in [4.78, 5) is 4.49. The Labute approximate surface area is 91.3 Å². The largest absolute Gasteiger partial charge is 0.253 e. The molecule has 1 nitrogen and oxygen atoms in total. The SMILES string of the molecule is Cc1cc(C)c2ccc(I)cc2n1. The van der Waals surface area contributed by atoms with Crippen LogP contribution in [0.25, 0.3) is 10.9 Å². The Morgan fingerprint density at radius 1 is 1.15 bits per heavy atom. The highest BCUT2D eigenvalue weighted by atomic mass is 127. The molecule has 1 aromatic carbocycles. The Morgan fingerprint density at radius 3 is 2.69 bits per heavy atom. The van der Waals surface area contributed by atoms with E-state index >= 15 is 0 Å². The van der Waals surface area contributed by atoms with Crippen molar-refractivity contribution in [3.05, 3.63) is 39.1 Å². The van der Waals surface area contributed by atoms with Gasteiger partial charge in [-0.3, -0.25) is 4.98 Å². The normalized spacial score (nSPS) is 10.7. The number of aryl methyl sites for hydroxylation is 2. The molecule has 0 unspecified atom stereocenters. The number of benzene rings is 1. The number of rotatable bonds is 0. The van der Waals surface area contributed by atoms with E-state index in [-0.39, 0.29) is 0 Å². The molecule has 0 aliphatic heterocycles. The van der Waals surface area contributed by atoms with Gasteiger partial charge in [0.25, 0.3) is 0 Å². The summed E-state index contributed by atoms with van der Waals surface area (Å²) in [5.74, 6) is 0. The van der Waals surface area contributed by atoms with Crippen LogP contribution in [0.4, 0.5) is 0 Å². The van der Waals surface area contributed by atoms with Gasteiger partial charge in [0.2, 0.25) is 0 Å². The van der Waals surface area contributed by atoms with E-state index < -0.39 is 0 Å². The molecule has 0 aliphatic carbocycles. The predicted octanol–water partition coefficient (Wildman–Crippen LogP) is 3.46. The van der Waals surface area contributed by atoms with Gasteiger partial charge < -0.3 is 0 Å². The van der Waals surface area contributed by atoms with Crippen LogP contribution in [-0.2, 0) is 0 Å². The molecule has 0 N–H and O–H groups in total. The van der Waals surface area contributed by atoms with E-state index in [0.717, 1.165) is 11.2 Å². The van der Waals surface area contributed by atoms with E-state index in [2.05, 4.69) is 58.8 Å². The minimum Gasteiger partial charge on any atom is -0.253 e. The summed E-state index contributed by atoms with van der Waals surface area (Å²) in [7, 11) is 0. The van der Waals surface area contributed by atoms with Crippen LogP contribution in [0, 0.1) is 17.4 Å². The molecule has 0 saturated carbocycles. The molecule has 1 aromatic heterocycles. The van der Waals surface area contributed by atoms with Gasteiger partial charge in [-0.1, -0.05) is 6.07 Å². The van der Waals surface area contributed by atoms with E-state index in [1.165, 1.54) is 14.5 Å². The first-order valence-corrected chi connectivity index (χ1v) is 5.28. The average Bonchev–Trinajstić information content (AvgIpc) is 2.02. The maximum atomic E-state index is 4.49. The molecule has 0 atom stereocenters. The van der Waals surface area contributed by atoms with Gasteiger partial charge in [-0.15, -0.1) is 0 Å². The van der Waals surface area contributed by atoms with Crippen LogP contribution in [0.5, 0.6) is 0 Å². The van der Waals surface area contributed by atoms with Gasteiger partial charge in [0, 0.05) is 14.7 Å². The maximum Gasteiger partial charge on any atom is 0.0718 e. The van der Waals surface area contributed by atoms with Crippen LogP contribution in [0.1, 0.15) is 11.3 Å². The summed E-state index contributed by atoms with van der Waals surface area (Å²) >= 11 is 2.31. The molecule has 0 aliphatic rings. The highest BCUT2D eigenvalue weighted by Gasteiger charge is 1.99. The fraction of sp³-hybridized carbons (Fsp3) is 0.182. The van der Waals surface area contributed by atoms with Crippen molar-refractivity contribution in [1.82, 2.24) is 4.98 Å². The topological polar surface area (TPSA) is 12.9 Å². The van der Waals surface area contributed by atoms with Gasteiger partial charge in [-0.25, -0.2) is 0 Å². The third-order valence-electron chi connectivity index (χ3n) is 2.11. The molecule has 0 spiro atoms. The number of hydrogen-bond donors (Lipinski definition) is 0. The highest BCUT2D eigenvalue weighted by molar-refractivity contribution is 14.1. The summed E-state index contributed by atoms with van der Waals surface area (Å²) in [5, 5.41) is 1.26. The van der Waals surface area contributed by atoms with Crippen molar-refractivity contribution in [3.8, 4) is 0 Å². The Balaban J connectivity index is 2.86. The zero-order chi connectivity index (χ0) is 9.42. The number of nitrogens with zero attached hydrogens (tertiary/aromatic N) is 1. The lowest BCUT2D eigenvalue weighted by molar-refractivity contribution is 1.23. The molecule has 0 fully saturated rings. The number of aromatic nitrogens is 1. The molecule has 1 heterocycles. The fourth-order valence-corrected chi connectivity index (χ4v) is 2.02. The molecular weight excluding hydrogens is 273 g/mol. The lowest BCUT2D eigenvalue weighted by Crippen LogP contribution is -1.87. The Hall–Kier alpha value is -0.640. The van der Waals surface area contributed by atoms with Crippen molar-refractivity contribution in [3.63, 3.8) is 0 Å².